The largest absolute Gasteiger partial charge is 1.00 e. The van der Waals surface area contributed by atoms with E-state index < -0.39 is 11.7 Å². The number of imidazole rings is 1. The van der Waals surface area contributed by atoms with Crippen LogP contribution < -0.4 is 21.5 Å². The first-order chi connectivity index (χ1) is 12.0. The molecule has 0 saturated heterocycles. The Morgan fingerprint density at radius 3 is 2.62 bits per heavy atom. The van der Waals surface area contributed by atoms with E-state index in [0.29, 0.717) is 5.69 Å². The molecule has 0 radical (unpaired) electrons. The summed E-state index contributed by atoms with van der Waals surface area (Å²) in [5.41, 5.74) is 0.934. The number of fused-ring (bicyclic) bond motifs is 1. The lowest BCUT2D eigenvalue weighted by Crippen LogP contribution is -3.00. The molecule has 0 N–H and O–H groups in total. The first-order valence-electron chi connectivity index (χ1n) is 8.39. The van der Waals surface area contributed by atoms with Gasteiger partial charge in [0.25, 0.3) is 5.82 Å². The van der Waals surface area contributed by atoms with Gasteiger partial charge in [-0.3, -0.25) is 0 Å². The van der Waals surface area contributed by atoms with Gasteiger partial charge in [-0.1, -0.05) is 12.1 Å². The van der Waals surface area contributed by atoms with Crippen LogP contribution in [-0.2, 0) is 19.1 Å². The molecule has 1 aliphatic rings. The van der Waals surface area contributed by atoms with E-state index in [1.807, 2.05) is 22.1 Å². The van der Waals surface area contributed by atoms with E-state index in [1.165, 1.54) is 12.1 Å². The smallest absolute Gasteiger partial charge is 0.416 e. The minimum Gasteiger partial charge on any atom is -1.00 e. The van der Waals surface area contributed by atoms with Crippen molar-refractivity contribution in [3.8, 4) is 16.3 Å². The number of benzene rings is 1. The molecular weight excluding hydrogens is 425 g/mol. The SMILES string of the molecule is FC(F)(F)c1cccc(-n2c(-c3cccs3)c[n+]3c2CCCCC3)c1.[Br-]. The number of thiophene rings is 1. The van der Waals surface area contributed by atoms with Crippen molar-refractivity contribution in [2.24, 2.45) is 0 Å². The summed E-state index contributed by atoms with van der Waals surface area (Å²) < 4.78 is 43.7. The molecule has 2 nitrogen and oxygen atoms in total. The number of alkyl halides is 3. The monoisotopic (exact) mass is 442 g/mol. The maximum atomic E-state index is 13.2. The number of rotatable bonds is 2. The Morgan fingerprint density at radius 2 is 1.88 bits per heavy atom. The van der Waals surface area contributed by atoms with Crippen LogP contribution in [0.1, 0.15) is 30.7 Å². The third kappa shape index (κ3) is 3.60. The average molecular weight is 443 g/mol. The predicted molar refractivity (Wildman–Crippen MR) is 91.8 cm³/mol. The maximum absolute atomic E-state index is 13.2. The van der Waals surface area contributed by atoms with Crippen molar-refractivity contribution >= 4 is 11.3 Å². The second-order valence-corrected chi connectivity index (χ2v) is 7.24. The van der Waals surface area contributed by atoms with Gasteiger partial charge < -0.3 is 17.0 Å². The second kappa shape index (κ2) is 7.56. The Balaban J connectivity index is 0.00000196. The number of aryl methyl sites for hydroxylation is 1. The number of aromatic nitrogens is 2. The summed E-state index contributed by atoms with van der Waals surface area (Å²) in [6, 6.07) is 9.62. The standard InChI is InChI=1S/C19H18F3N2S.BrH/c20-19(21,22)14-6-4-7-15(12-14)24-16(17-8-5-11-25-17)13-23-10-3-1-2-9-18(23)24;/h4-8,11-13H,1-3,9-10H2;1H/q+1;/p-1. The molecule has 1 aliphatic heterocycles. The van der Waals surface area contributed by atoms with Gasteiger partial charge >= 0.3 is 6.18 Å². The molecule has 2 aromatic heterocycles. The summed E-state index contributed by atoms with van der Waals surface area (Å²) in [5, 5.41) is 1.99. The minimum atomic E-state index is -4.34. The normalized spacial score (nSPS) is 14.4. The molecule has 0 spiro atoms. The van der Waals surface area contributed by atoms with Gasteiger partial charge in [0.05, 0.1) is 17.0 Å². The molecule has 0 unspecified atom stereocenters. The highest BCUT2D eigenvalue weighted by Crippen LogP contribution is 2.33. The first kappa shape index (κ1) is 19.2. The van der Waals surface area contributed by atoms with Crippen molar-refractivity contribution in [2.75, 3.05) is 0 Å². The van der Waals surface area contributed by atoms with Crippen LogP contribution in [0.15, 0.2) is 48.0 Å². The van der Waals surface area contributed by atoms with E-state index in [-0.39, 0.29) is 17.0 Å². The molecule has 0 atom stereocenters. The van der Waals surface area contributed by atoms with Crippen LogP contribution in [-0.4, -0.2) is 4.57 Å². The quantitative estimate of drug-likeness (QED) is 0.538. The molecule has 4 rings (SSSR count). The lowest BCUT2D eigenvalue weighted by Gasteiger charge is -2.09. The van der Waals surface area contributed by atoms with E-state index >= 15 is 0 Å². The lowest BCUT2D eigenvalue weighted by atomic mass is 10.1. The van der Waals surface area contributed by atoms with Gasteiger partial charge in [-0.25, -0.2) is 4.57 Å². The van der Waals surface area contributed by atoms with Crippen LogP contribution in [0.2, 0.25) is 0 Å². The molecule has 3 heterocycles. The van der Waals surface area contributed by atoms with Crippen molar-refractivity contribution in [3.63, 3.8) is 0 Å². The van der Waals surface area contributed by atoms with Crippen molar-refractivity contribution in [2.45, 2.75) is 38.4 Å². The highest BCUT2D eigenvalue weighted by Gasteiger charge is 2.33. The fraction of sp³-hybridized carbons (Fsp3) is 0.316. The molecule has 0 fully saturated rings. The Labute approximate surface area is 164 Å². The van der Waals surface area contributed by atoms with E-state index in [1.54, 1.807) is 17.4 Å². The number of hydrogen-bond donors (Lipinski definition) is 0. The Morgan fingerprint density at radius 1 is 1.04 bits per heavy atom. The van der Waals surface area contributed by atoms with Crippen LogP contribution in [0.25, 0.3) is 16.3 Å². The van der Waals surface area contributed by atoms with Crippen LogP contribution in [0.5, 0.6) is 0 Å². The van der Waals surface area contributed by atoms with Crippen LogP contribution >= 0.6 is 11.3 Å². The molecule has 0 bridgehead atoms. The zero-order chi connectivity index (χ0) is 17.4. The van der Waals surface area contributed by atoms with Crippen LogP contribution in [0.3, 0.4) is 0 Å². The summed E-state index contributed by atoms with van der Waals surface area (Å²) in [6.07, 6.45) is 1.95. The van der Waals surface area contributed by atoms with Gasteiger partial charge in [0.15, 0.2) is 5.69 Å². The second-order valence-electron chi connectivity index (χ2n) is 6.30. The molecule has 0 amide bonds. The summed E-state index contributed by atoms with van der Waals surface area (Å²) >= 11 is 1.61. The fourth-order valence-corrected chi connectivity index (χ4v) is 4.17. The van der Waals surface area contributed by atoms with Gasteiger partial charge in [-0.2, -0.15) is 17.7 Å². The van der Waals surface area contributed by atoms with Gasteiger partial charge in [0.1, 0.15) is 11.9 Å². The summed E-state index contributed by atoms with van der Waals surface area (Å²) in [4.78, 5) is 1.07. The van der Waals surface area contributed by atoms with Gasteiger partial charge in [-0.15, -0.1) is 11.3 Å². The topological polar surface area (TPSA) is 8.81 Å². The highest BCUT2D eigenvalue weighted by molar-refractivity contribution is 7.13. The van der Waals surface area contributed by atoms with E-state index in [0.717, 1.165) is 54.7 Å². The minimum absolute atomic E-state index is 0. The van der Waals surface area contributed by atoms with Crippen LogP contribution in [0, 0.1) is 0 Å². The molecule has 3 aromatic rings. The molecule has 0 saturated carbocycles. The highest BCUT2D eigenvalue weighted by atomic mass is 79.9. The third-order valence-electron chi connectivity index (χ3n) is 4.61. The number of halogens is 4. The number of hydrogen-bond acceptors (Lipinski definition) is 1. The fourth-order valence-electron chi connectivity index (χ4n) is 3.45. The summed E-state index contributed by atoms with van der Waals surface area (Å²) in [6.45, 7) is 0.916. The van der Waals surface area contributed by atoms with Crippen LogP contribution in [0.4, 0.5) is 13.2 Å². The molecule has 1 aromatic carbocycles. The average Bonchev–Trinajstić information content (AvgIpc) is 3.17. The van der Waals surface area contributed by atoms with Crippen molar-refractivity contribution in [1.82, 2.24) is 4.57 Å². The van der Waals surface area contributed by atoms with E-state index in [2.05, 4.69) is 10.8 Å². The summed E-state index contributed by atoms with van der Waals surface area (Å²) in [7, 11) is 0. The first-order valence-corrected chi connectivity index (χ1v) is 9.27. The van der Waals surface area contributed by atoms with E-state index in [9.17, 15) is 13.2 Å². The number of nitrogens with zero attached hydrogens (tertiary/aromatic N) is 2. The Kier molecular flexibility index (Phi) is 5.58. The molecule has 7 heteroatoms. The van der Waals surface area contributed by atoms with Crippen molar-refractivity contribution in [1.29, 1.82) is 0 Å². The maximum Gasteiger partial charge on any atom is 0.416 e. The van der Waals surface area contributed by atoms with Gasteiger partial charge in [0.2, 0.25) is 0 Å². The zero-order valence-electron chi connectivity index (χ0n) is 14.0. The van der Waals surface area contributed by atoms with Gasteiger partial charge in [0, 0.05) is 6.42 Å². The van der Waals surface area contributed by atoms with Crippen molar-refractivity contribution in [3.05, 3.63) is 59.4 Å². The molecular formula is C19H18BrF3N2S. The van der Waals surface area contributed by atoms with Crippen molar-refractivity contribution < 1.29 is 34.7 Å². The molecule has 138 valence electrons. The Bertz CT molecular complexity index is 885. The molecule has 0 aliphatic carbocycles. The lowest BCUT2D eigenvalue weighted by molar-refractivity contribution is -0.702. The zero-order valence-corrected chi connectivity index (χ0v) is 16.4. The third-order valence-corrected chi connectivity index (χ3v) is 5.51. The molecule has 26 heavy (non-hydrogen) atoms. The van der Waals surface area contributed by atoms with E-state index in [4.69, 9.17) is 0 Å². The predicted octanol–water partition coefficient (Wildman–Crippen LogP) is 2.24. The van der Waals surface area contributed by atoms with Gasteiger partial charge in [-0.05, 0) is 48.9 Å². The summed E-state index contributed by atoms with van der Waals surface area (Å²) in [5.74, 6) is 1.08. The Hall–Kier alpha value is -1.60.